The summed E-state index contributed by atoms with van der Waals surface area (Å²) in [6.07, 6.45) is 4.68. The number of thiophene rings is 1. The molecule has 1 aromatic carbocycles. The molecule has 0 bridgehead atoms. The van der Waals surface area contributed by atoms with Crippen LogP contribution in [0.15, 0.2) is 29.3 Å². The van der Waals surface area contributed by atoms with E-state index in [0.29, 0.717) is 17.2 Å². The van der Waals surface area contributed by atoms with E-state index >= 15 is 0 Å². The fraction of sp³-hybridized carbons (Fsp3) is 0.350. The minimum atomic E-state index is -0.0713. The van der Waals surface area contributed by atoms with Gasteiger partial charge < -0.3 is 10.1 Å². The van der Waals surface area contributed by atoms with Gasteiger partial charge in [-0.2, -0.15) is 0 Å². The number of nitrogens with zero attached hydrogens (tertiary/aromatic N) is 2. The molecule has 5 nitrogen and oxygen atoms in total. The van der Waals surface area contributed by atoms with Crippen molar-refractivity contribution >= 4 is 44.9 Å². The molecule has 0 fully saturated rings. The van der Waals surface area contributed by atoms with Crippen molar-refractivity contribution in [3.63, 3.8) is 0 Å². The van der Waals surface area contributed by atoms with Crippen molar-refractivity contribution < 1.29 is 9.53 Å². The Morgan fingerprint density at radius 3 is 2.93 bits per heavy atom. The Morgan fingerprint density at radius 1 is 1.26 bits per heavy atom. The molecule has 0 unspecified atom stereocenters. The molecule has 4 rings (SSSR count). The summed E-state index contributed by atoms with van der Waals surface area (Å²) in [6, 6.07) is 7.42. The molecular weight excluding hydrogens is 378 g/mol. The number of nitrogens with one attached hydrogen (secondary N) is 1. The smallest absolute Gasteiger partial charge is 0.234 e. The number of amides is 1. The second-order valence-electron chi connectivity index (χ2n) is 6.50. The molecule has 0 radical (unpaired) electrons. The van der Waals surface area contributed by atoms with Crippen LogP contribution in [0.3, 0.4) is 0 Å². The summed E-state index contributed by atoms with van der Waals surface area (Å²) in [4.78, 5) is 24.3. The highest BCUT2D eigenvalue weighted by atomic mass is 32.2. The molecule has 140 valence electrons. The van der Waals surface area contributed by atoms with Crippen LogP contribution in [-0.4, -0.2) is 28.7 Å². The van der Waals surface area contributed by atoms with Crippen LogP contribution in [0.2, 0.25) is 0 Å². The number of benzene rings is 1. The normalized spacial score (nSPS) is 13.4. The third-order valence-corrected chi connectivity index (χ3v) is 6.78. The molecule has 2 heterocycles. The number of aryl methyl sites for hydroxylation is 3. The lowest BCUT2D eigenvalue weighted by molar-refractivity contribution is -0.113. The number of carbonyl (C=O) groups is 1. The number of fused-ring (bicyclic) bond motifs is 3. The number of thioether (sulfide) groups is 1. The third-order valence-electron chi connectivity index (χ3n) is 4.61. The van der Waals surface area contributed by atoms with Gasteiger partial charge in [-0.15, -0.1) is 11.3 Å². The molecule has 1 N–H and O–H groups in total. The van der Waals surface area contributed by atoms with E-state index in [4.69, 9.17) is 4.74 Å². The van der Waals surface area contributed by atoms with Gasteiger partial charge in [0.2, 0.25) is 5.91 Å². The summed E-state index contributed by atoms with van der Waals surface area (Å²) < 4.78 is 5.29. The standard InChI is InChI=1S/C20H21N3O2S2/c1-12-21-19(18-13-7-3-6-10-16(13)27-20(18)22-12)26-11-17(24)23-14-8-4-5-9-15(14)25-2/h4-5,8-9H,3,6-7,10-11H2,1-2H3,(H,23,24). The zero-order valence-corrected chi connectivity index (χ0v) is 17.0. The number of ether oxygens (including phenoxy) is 1. The second kappa shape index (κ2) is 7.86. The Hall–Kier alpha value is -2.12. The lowest BCUT2D eigenvalue weighted by atomic mass is 9.97. The molecule has 1 aliphatic rings. The van der Waals surface area contributed by atoms with E-state index in [1.165, 1.54) is 35.0 Å². The molecule has 2 aromatic heterocycles. The van der Waals surface area contributed by atoms with Crippen LogP contribution < -0.4 is 10.1 Å². The van der Waals surface area contributed by atoms with Gasteiger partial charge in [-0.05, 0) is 50.3 Å². The van der Waals surface area contributed by atoms with Crippen LogP contribution in [-0.2, 0) is 17.6 Å². The monoisotopic (exact) mass is 399 g/mol. The third kappa shape index (κ3) is 3.80. The average molecular weight is 400 g/mol. The predicted octanol–water partition coefficient (Wildman–Crippen LogP) is 4.62. The highest BCUT2D eigenvalue weighted by Gasteiger charge is 2.21. The van der Waals surface area contributed by atoms with E-state index in [0.717, 1.165) is 33.9 Å². The van der Waals surface area contributed by atoms with Crippen molar-refractivity contribution in [2.24, 2.45) is 0 Å². The number of carbonyl (C=O) groups excluding carboxylic acids is 1. The predicted molar refractivity (Wildman–Crippen MR) is 111 cm³/mol. The molecule has 1 aliphatic carbocycles. The summed E-state index contributed by atoms with van der Waals surface area (Å²) in [5.41, 5.74) is 2.08. The SMILES string of the molecule is COc1ccccc1NC(=O)CSc1nc(C)nc2sc3c(c12)CCCC3. The quantitative estimate of drug-likeness (QED) is 0.501. The van der Waals surface area contributed by atoms with Crippen molar-refractivity contribution in [1.29, 1.82) is 0 Å². The number of aromatic nitrogens is 2. The summed E-state index contributed by atoms with van der Waals surface area (Å²) >= 11 is 3.27. The number of anilines is 1. The highest BCUT2D eigenvalue weighted by Crippen LogP contribution is 2.39. The van der Waals surface area contributed by atoms with Gasteiger partial charge in [-0.3, -0.25) is 4.79 Å². The molecule has 7 heteroatoms. The van der Waals surface area contributed by atoms with Crippen molar-refractivity contribution in [3.05, 3.63) is 40.5 Å². The minimum absolute atomic E-state index is 0.0713. The van der Waals surface area contributed by atoms with Gasteiger partial charge in [-0.1, -0.05) is 23.9 Å². The van der Waals surface area contributed by atoms with E-state index in [1.54, 1.807) is 18.4 Å². The molecule has 0 aliphatic heterocycles. The molecule has 3 aromatic rings. The Bertz CT molecular complexity index is 1000. The molecule has 0 atom stereocenters. The van der Waals surface area contributed by atoms with E-state index < -0.39 is 0 Å². The number of hydrogen-bond donors (Lipinski definition) is 1. The Balaban J connectivity index is 1.55. The van der Waals surface area contributed by atoms with Gasteiger partial charge in [-0.25, -0.2) is 9.97 Å². The topological polar surface area (TPSA) is 64.1 Å². The first-order valence-electron chi connectivity index (χ1n) is 9.00. The molecule has 0 saturated carbocycles. The van der Waals surface area contributed by atoms with Gasteiger partial charge in [0.05, 0.1) is 18.6 Å². The molecule has 1 amide bonds. The van der Waals surface area contributed by atoms with Crippen molar-refractivity contribution in [2.75, 3.05) is 18.2 Å². The summed E-state index contributed by atoms with van der Waals surface area (Å²) in [5.74, 6) is 1.64. The van der Waals surface area contributed by atoms with E-state index in [1.807, 2.05) is 31.2 Å². The Labute approximate surface area is 166 Å². The largest absolute Gasteiger partial charge is 0.495 e. The Kier molecular flexibility index (Phi) is 5.31. The maximum atomic E-state index is 12.5. The number of methoxy groups -OCH3 is 1. The fourth-order valence-electron chi connectivity index (χ4n) is 3.40. The van der Waals surface area contributed by atoms with Crippen molar-refractivity contribution in [1.82, 2.24) is 9.97 Å². The van der Waals surface area contributed by atoms with Crippen molar-refractivity contribution in [3.8, 4) is 5.75 Å². The lowest BCUT2D eigenvalue weighted by Crippen LogP contribution is -2.15. The van der Waals surface area contributed by atoms with Gasteiger partial charge in [0.15, 0.2) is 0 Å². The number of hydrogen-bond acceptors (Lipinski definition) is 6. The first kappa shape index (κ1) is 18.3. The van der Waals surface area contributed by atoms with E-state index in [9.17, 15) is 4.79 Å². The molecule has 0 spiro atoms. The van der Waals surface area contributed by atoms with Gasteiger partial charge in [0, 0.05) is 10.3 Å². The summed E-state index contributed by atoms with van der Waals surface area (Å²) in [5, 5.41) is 5.01. The summed E-state index contributed by atoms with van der Waals surface area (Å²) in [6.45, 7) is 1.91. The van der Waals surface area contributed by atoms with E-state index in [2.05, 4.69) is 15.3 Å². The van der Waals surface area contributed by atoms with Gasteiger partial charge in [0.25, 0.3) is 0 Å². The van der Waals surface area contributed by atoms with Gasteiger partial charge >= 0.3 is 0 Å². The molecule has 0 saturated heterocycles. The lowest BCUT2D eigenvalue weighted by Gasteiger charge is -2.12. The minimum Gasteiger partial charge on any atom is -0.495 e. The van der Waals surface area contributed by atoms with Crippen LogP contribution in [0.4, 0.5) is 5.69 Å². The maximum absolute atomic E-state index is 12.5. The van der Waals surface area contributed by atoms with Crippen LogP contribution >= 0.6 is 23.1 Å². The average Bonchev–Trinajstić information content (AvgIpc) is 3.04. The zero-order chi connectivity index (χ0) is 18.8. The van der Waals surface area contributed by atoms with Crippen molar-refractivity contribution in [2.45, 2.75) is 37.6 Å². The van der Waals surface area contributed by atoms with Crippen LogP contribution in [0.1, 0.15) is 29.1 Å². The summed E-state index contributed by atoms with van der Waals surface area (Å²) in [7, 11) is 1.60. The fourth-order valence-corrected chi connectivity index (χ4v) is 5.67. The Morgan fingerprint density at radius 2 is 2.07 bits per heavy atom. The second-order valence-corrected chi connectivity index (χ2v) is 8.55. The van der Waals surface area contributed by atoms with Gasteiger partial charge in [0.1, 0.15) is 21.4 Å². The van der Waals surface area contributed by atoms with E-state index in [-0.39, 0.29) is 5.91 Å². The van der Waals surface area contributed by atoms with Crippen LogP contribution in [0.5, 0.6) is 5.75 Å². The first-order valence-corrected chi connectivity index (χ1v) is 10.8. The van der Waals surface area contributed by atoms with Crippen LogP contribution in [0.25, 0.3) is 10.2 Å². The molecular formula is C20H21N3O2S2. The number of para-hydroxylation sites is 2. The number of rotatable bonds is 5. The zero-order valence-electron chi connectivity index (χ0n) is 15.4. The first-order chi connectivity index (χ1) is 13.2. The maximum Gasteiger partial charge on any atom is 0.234 e. The molecule has 27 heavy (non-hydrogen) atoms. The van der Waals surface area contributed by atoms with Crippen LogP contribution in [0, 0.1) is 6.92 Å². The highest BCUT2D eigenvalue weighted by molar-refractivity contribution is 8.00.